The number of benzene rings is 1. The molecule has 102 valence electrons. The first-order chi connectivity index (χ1) is 9.79. The Balaban J connectivity index is 2.01. The summed E-state index contributed by atoms with van der Waals surface area (Å²) in [4.78, 5) is 23.4. The Labute approximate surface area is 121 Å². The Hall–Kier alpha value is -2.08. The van der Waals surface area contributed by atoms with E-state index in [2.05, 4.69) is 9.97 Å². The molecule has 20 heavy (non-hydrogen) atoms. The molecule has 0 spiro atoms. The minimum Gasteiger partial charge on any atom is -0.465 e. The zero-order valence-electron chi connectivity index (χ0n) is 10.9. The van der Waals surface area contributed by atoms with Crippen LogP contribution in [0.5, 0.6) is 0 Å². The van der Waals surface area contributed by atoms with Gasteiger partial charge in [0.1, 0.15) is 11.6 Å². The van der Waals surface area contributed by atoms with Crippen molar-refractivity contribution in [3.05, 3.63) is 36.7 Å². The molecule has 1 aromatic carbocycles. The number of fused-ring (bicyclic) bond motifs is 2. The third-order valence-corrected chi connectivity index (χ3v) is 3.90. The summed E-state index contributed by atoms with van der Waals surface area (Å²) in [7, 11) is 0. The van der Waals surface area contributed by atoms with Gasteiger partial charge in [0.05, 0.1) is 12.3 Å². The molecule has 0 amide bonds. The number of hydrogen-bond donors (Lipinski definition) is 0. The highest BCUT2D eigenvalue weighted by molar-refractivity contribution is 7.99. The van der Waals surface area contributed by atoms with Crippen molar-refractivity contribution in [3.63, 3.8) is 0 Å². The first-order valence-corrected chi connectivity index (χ1v) is 7.12. The van der Waals surface area contributed by atoms with E-state index < -0.39 is 0 Å². The average Bonchev–Trinajstić information content (AvgIpc) is 2.47. The lowest BCUT2D eigenvalue weighted by Crippen LogP contribution is -2.29. The number of ether oxygens (including phenoxy) is 1. The number of carbonyl (C=O) groups excluding carboxylic acids is 1. The maximum Gasteiger partial charge on any atom is 0.326 e. The van der Waals surface area contributed by atoms with Crippen molar-refractivity contribution in [2.45, 2.75) is 16.8 Å². The molecule has 0 unspecified atom stereocenters. The normalized spacial score (nSPS) is 12.6. The molecule has 1 aliphatic rings. The molecule has 0 fully saturated rings. The number of hydrogen-bond acceptors (Lipinski definition) is 6. The van der Waals surface area contributed by atoms with Crippen LogP contribution in [0, 0.1) is 0 Å². The predicted octanol–water partition coefficient (Wildman–Crippen LogP) is 2.64. The largest absolute Gasteiger partial charge is 0.465 e. The van der Waals surface area contributed by atoms with Crippen molar-refractivity contribution < 1.29 is 9.53 Å². The van der Waals surface area contributed by atoms with Gasteiger partial charge in [-0.15, -0.1) is 0 Å². The summed E-state index contributed by atoms with van der Waals surface area (Å²) in [6, 6.07) is 7.89. The Morgan fingerprint density at radius 2 is 2.10 bits per heavy atom. The molecule has 0 radical (unpaired) electrons. The number of rotatable bonds is 3. The minimum absolute atomic E-state index is 0.136. The van der Waals surface area contributed by atoms with Crippen LogP contribution in [0.2, 0.25) is 0 Å². The number of nitrogens with zero attached hydrogens (tertiary/aromatic N) is 3. The molecule has 0 saturated carbocycles. The van der Waals surface area contributed by atoms with Gasteiger partial charge in [0.25, 0.3) is 0 Å². The van der Waals surface area contributed by atoms with Gasteiger partial charge in [-0.3, -0.25) is 4.79 Å². The first kappa shape index (κ1) is 12.9. The van der Waals surface area contributed by atoms with E-state index in [0.29, 0.717) is 12.4 Å². The standard InChI is InChI=1S/C14H13N3O2S/c1-2-19-12(18)9-17-10-5-3-4-6-11(10)20-14-13(17)15-7-8-16-14/h3-8H,2,9H2,1H3. The van der Waals surface area contributed by atoms with Crippen LogP contribution in [0.25, 0.3) is 0 Å². The van der Waals surface area contributed by atoms with Gasteiger partial charge in [-0.1, -0.05) is 23.9 Å². The molecular weight excluding hydrogens is 274 g/mol. The Kier molecular flexibility index (Phi) is 3.56. The van der Waals surface area contributed by atoms with E-state index in [4.69, 9.17) is 4.74 Å². The molecule has 0 N–H and O–H groups in total. The van der Waals surface area contributed by atoms with E-state index in [9.17, 15) is 4.79 Å². The molecule has 2 aromatic rings. The summed E-state index contributed by atoms with van der Waals surface area (Å²) >= 11 is 1.56. The maximum absolute atomic E-state index is 11.8. The molecule has 6 heteroatoms. The first-order valence-electron chi connectivity index (χ1n) is 6.30. The maximum atomic E-state index is 11.8. The van der Waals surface area contributed by atoms with Gasteiger partial charge >= 0.3 is 5.97 Å². The van der Waals surface area contributed by atoms with Crippen molar-refractivity contribution in [2.24, 2.45) is 0 Å². The smallest absolute Gasteiger partial charge is 0.326 e. The lowest BCUT2D eigenvalue weighted by atomic mass is 10.2. The quantitative estimate of drug-likeness (QED) is 0.809. The fourth-order valence-corrected chi connectivity index (χ4v) is 3.06. The summed E-state index contributed by atoms with van der Waals surface area (Å²) < 4.78 is 5.04. The van der Waals surface area contributed by atoms with Crippen LogP contribution in [-0.2, 0) is 9.53 Å². The molecule has 5 nitrogen and oxygen atoms in total. The predicted molar refractivity (Wildman–Crippen MR) is 76.2 cm³/mol. The number of anilines is 2. The zero-order valence-corrected chi connectivity index (χ0v) is 11.8. The van der Waals surface area contributed by atoms with Crippen molar-refractivity contribution in [1.82, 2.24) is 9.97 Å². The van der Waals surface area contributed by atoms with Crippen molar-refractivity contribution in [1.29, 1.82) is 0 Å². The Morgan fingerprint density at radius 3 is 2.95 bits per heavy atom. The molecular formula is C14H13N3O2S. The van der Waals surface area contributed by atoms with Crippen LogP contribution in [0.15, 0.2) is 46.6 Å². The van der Waals surface area contributed by atoms with Crippen molar-refractivity contribution >= 4 is 29.2 Å². The van der Waals surface area contributed by atoms with Crippen LogP contribution in [-0.4, -0.2) is 29.1 Å². The Morgan fingerprint density at radius 1 is 1.30 bits per heavy atom. The summed E-state index contributed by atoms with van der Waals surface area (Å²) in [6.07, 6.45) is 3.29. The van der Waals surface area contributed by atoms with Gasteiger partial charge in [0, 0.05) is 17.3 Å². The molecule has 0 bridgehead atoms. The second-order valence-corrected chi connectivity index (χ2v) is 5.18. The van der Waals surface area contributed by atoms with Crippen LogP contribution < -0.4 is 4.90 Å². The average molecular weight is 287 g/mol. The summed E-state index contributed by atoms with van der Waals surface area (Å²) in [6.45, 7) is 2.30. The fraction of sp³-hybridized carbons (Fsp3) is 0.214. The zero-order chi connectivity index (χ0) is 13.9. The van der Waals surface area contributed by atoms with E-state index in [-0.39, 0.29) is 12.5 Å². The highest BCUT2D eigenvalue weighted by Gasteiger charge is 2.27. The van der Waals surface area contributed by atoms with Gasteiger partial charge in [-0.2, -0.15) is 0 Å². The highest BCUT2D eigenvalue weighted by Crippen LogP contribution is 2.45. The fourth-order valence-electron chi connectivity index (χ4n) is 2.06. The third-order valence-electron chi connectivity index (χ3n) is 2.86. The van der Waals surface area contributed by atoms with Crippen molar-refractivity contribution in [3.8, 4) is 0 Å². The molecule has 1 aliphatic heterocycles. The number of aromatic nitrogens is 2. The van der Waals surface area contributed by atoms with E-state index in [1.807, 2.05) is 29.2 Å². The van der Waals surface area contributed by atoms with E-state index >= 15 is 0 Å². The molecule has 0 aliphatic carbocycles. The van der Waals surface area contributed by atoms with Crippen LogP contribution in [0.4, 0.5) is 11.5 Å². The topological polar surface area (TPSA) is 55.3 Å². The van der Waals surface area contributed by atoms with Gasteiger partial charge < -0.3 is 9.64 Å². The summed E-state index contributed by atoms with van der Waals surface area (Å²) in [5.41, 5.74) is 0.957. The number of esters is 1. The van der Waals surface area contributed by atoms with Gasteiger partial charge in [0.15, 0.2) is 5.82 Å². The van der Waals surface area contributed by atoms with Gasteiger partial charge in [-0.05, 0) is 19.1 Å². The second-order valence-electron chi connectivity index (χ2n) is 4.15. The van der Waals surface area contributed by atoms with Crippen LogP contribution in [0.3, 0.4) is 0 Å². The minimum atomic E-state index is -0.272. The summed E-state index contributed by atoms with van der Waals surface area (Å²) in [5.74, 6) is 0.426. The monoisotopic (exact) mass is 287 g/mol. The Bertz CT molecular complexity index is 602. The van der Waals surface area contributed by atoms with E-state index in [1.54, 1.807) is 31.1 Å². The van der Waals surface area contributed by atoms with Gasteiger partial charge in [0.2, 0.25) is 0 Å². The molecule has 2 heterocycles. The second kappa shape index (κ2) is 5.50. The molecule has 0 saturated heterocycles. The van der Waals surface area contributed by atoms with Gasteiger partial charge in [-0.25, -0.2) is 9.97 Å². The highest BCUT2D eigenvalue weighted by atomic mass is 32.2. The lowest BCUT2D eigenvalue weighted by Gasteiger charge is -2.29. The summed E-state index contributed by atoms with van der Waals surface area (Å²) in [5, 5.41) is 0.801. The SMILES string of the molecule is CCOC(=O)CN1c2ccccc2Sc2nccnc21. The van der Waals surface area contributed by atoms with Crippen LogP contribution in [0.1, 0.15) is 6.92 Å². The molecule has 3 rings (SSSR count). The van der Waals surface area contributed by atoms with Crippen LogP contribution >= 0.6 is 11.8 Å². The number of para-hydroxylation sites is 1. The van der Waals surface area contributed by atoms with E-state index in [1.165, 1.54) is 0 Å². The number of carbonyl (C=O) groups is 1. The van der Waals surface area contributed by atoms with Crippen molar-refractivity contribution in [2.75, 3.05) is 18.1 Å². The molecule has 0 atom stereocenters. The molecule has 1 aromatic heterocycles. The van der Waals surface area contributed by atoms with E-state index in [0.717, 1.165) is 15.6 Å². The third kappa shape index (κ3) is 2.34. The lowest BCUT2D eigenvalue weighted by molar-refractivity contribution is -0.141.